The Labute approximate surface area is 185 Å². The van der Waals surface area contributed by atoms with Crippen molar-refractivity contribution >= 4 is 28.7 Å². The van der Waals surface area contributed by atoms with Crippen LogP contribution in [0.25, 0.3) is 0 Å². The summed E-state index contributed by atoms with van der Waals surface area (Å²) in [6, 6.07) is 9.00. The van der Waals surface area contributed by atoms with Crippen molar-refractivity contribution < 1.29 is 19.4 Å². The van der Waals surface area contributed by atoms with E-state index in [-0.39, 0.29) is 34.6 Å². The van der Waals surface area contributed by atoms with Crippen molar-refractivity contribution in [2.75, 3.05) is 50.6 Å². The molecule has 1 fully saturated rings. The number of nitro benzene ring substituents is 2. The van der Waals surface area contributed by atoms with Gasteiger partial charge in [-0.3, -0.25) is 25.0 Å². The topological polar surface area (TPSA) is 122 Å². The highest BCUT2D eigenvalue weighted by molar-refractivity contribution is 5.99. The first-order valence-corrected chi connectivity index (χ1v) is 9.98. The number of non-ortho nitro benzene ring substituents is 1. The van der Waals surface area contributed by atoms with E-state index in [1.807, 2.05) is 6.92 Å². The first-order valence-electron chi connectivity index (χ1n) is 9.98. The third-order valence-corrected chi connectivity index (χ3v) is 5.51. The van der Waals surface area contributed by atoms with Crippen LogP contribution in [-0.2, 0) is 0 Å². The van der Waals surface area contributed by atoms with Crippen molar-refractivity contribution in [2.45, 2.75) is 13.0 Å². The molecule has 11 heteroatoms. The molecule has 0 saturated carbocycles. The van der Waals surface area contributed by atoms with Gasteiger partial charge in [-0.25, -0.2) is 0 Å². The maximum atomic E-state index is 13.3. The molecule has 3 rings (SSSR count). The molecule has 0 aromatic heterocycles. The van der Waals surface area contributed by atoms with Crippen LogP contribution in [0.15, 0.2) is 36.4 Å². The van der Waals surface area contributed by atoms with E-state index >= 15 is 0 Å². The summed E-state index contributed by atoms with van der Waals surface area (Å²) in [5.74, 6) is -0.0693. The minimum Gasteiger partial charge on any atom is -0.496 e. The zero-order valence-corrected chi connectivity index (χ0v) is 18.3. The molecule has 0 bridgehead atoms. The highest BCUT2D eigenvalue weighted by Gasteiger charge is 2.31. The molecule has 1 aliphatic rings. The maximum absolute atomic E-state index is 13.3. The lowest BCUT2D eigenvalue weighted by Gasteiger charge is -2.41. The predicted molar refractivity (Wildman–Crippen MR) is 120 cm³/mol. The van der Waals surface area contributed by atoms with Gasteiger partial charge in [0.05, 0.1) is 22.5 Å². The molecule has 1 atom stereocenters. The molecular formula is C21H25N5O6. The van der Waals surface area contributed by atoms with Crippen LogP contribution in [0.4, 0.5) is 22.7 Å². The Kier molecular flexibility index (Phi) is 6.47. The van der Waals surface area contributed by atoms with Crippen LogP contribution in [0.3, 0.4) is 0 Å². The number of piperazine rings is 1. The van der Waals surface area contributed by atoms with E-state index in [1.54, 1.807) is 36.0 Å². The second-order valence-corrected chi connectivity index (χ2v) is 7.76. The van der Waals surface area contributed by atoms with Crippen LogP contribution in [0.5, 0.6) is 5.75 Å². The van der Waals surface area contributed by atoms with Gasteiger partial charge in [0, 0.05) is 69.7 Å². The predicted octanol–water partition coefficient (Wildman–Crippen LogP) is 2.93. The lowest BCUT2D eigenvalue weighted by molar-refractivity contribution is -0.384. The molecule has 32 heavy (non-hydrogen) atoms. The highest BCUT2D eigenvalue weighted by Crippen LogP contribution is 2.35. The van der Waals surface area contributed by atoms with Crippen LogP contribution in [0.1, 0.15) is 17.3 Å². The molecule has 2 aromatic carbocycles. The number of ether oxygens (including phenoxy) is 1. The Hall–Kier alpha value is -3.89. The summed E-state index contributed by atoms with van der Waals surface area (Å²) in [5.41, 5.74) is 1.17. The van der Waals surface area contributed by atoms with Crippen molar-refractivity contribution in [3.05, 3.63) is 62.2 Å². The van der Waals surface area contributed by atoms with E-state index in [0.717, 1.165) is 5.69 Å². The van der Waals surface area contributed by atoms with Gasteiger partial charge in [-0.2, -0.15) is 0 Å². The van der Waals surface area contributed by atoms with Gasteiger partial charge < -0.3 is 19.4 Å². The molecule has 0 aliphatic carbocycles. The molecule has 1 aliphatic heterocycles. The van der Waals surface area contributed by atoms with E-state index in [9.17, 15) is 25.0 Å². The number of rotatable bonds is 6. The van der Waals surface area contributed by atoms with Gasteiger partial charge in [-0.15, -0.1) is 0 Å². The second kappa shape index (κ2) is 9.08. The van der Waals surface area contributed by atoms with E-state index in [4.69, 9.17) is 4.74 Å². The summed E-state index contributed by atoms with van der Waals surface area (Å²) >= 11 is 0. The minimum absolute atomic E-state index is 0.0186. The summed E-state index contributed by atoms with van der Waals surface area (Å²) < 4.78 is 5.37. The van der Waals surface area contributed by atoms with Gasteiger partial charge >= 0.3 is 0 Å². The average Bonchev–Trinajstić information content (AvgIpc) is 2.77. The summed E-state index contributed by atoms with van der Waals surface area (Å²) in [6.07, 6.45) is 0. The normalized spacial score (nSPS) is 15.9. The van der Waals surface area contributed by atoms with Crippen molar-refractivity contribution in [2.24, 2.45) is 0 Å². The smallest absolute Gasteiger partial charge is 0.293 e. The number of nitro groups is 2. The lowest BCUT2D eigenvalue weighted by Crippen LogP contribution is -2.53. The molecule has 0 spiro atoms. The van der Waals surface area contributed by atoms with Crippen LogP contribution in [0.2, 0.25) is 0 Å². The molecule has 11 nitrogen and oxygen atoms in total. The third kappa shape index (κ3) is 4.41. The minimum atomic E-state index is -0.513. The molecule has 2 aromatic rings. The first-order chi connectivity index (χ1) is 15.1. The molecule has 1 saturated heterocycles. The fourth-order valence-corrected chi connectivity index (χ4v) is 3.86. The number of hydrogen-bond acceptors (Lipinski definition) is 8. The number of carbonyl (C=O) groups is 1. The number of nitrogens with zero attached hydrogens (tertiary/aromatic N) is 5. The Morgan fingerprint density at radius 1 is 1.09 bits per heavy atom. The first kappa shape index (κ1) is 22.8. The quantitative estimate of drug-likeness (QED) is 0.493. The molecule has 1 heterocycles. The Morgan fingerprint density at radius 2 is 1.75 bits per heavy atom. The van der Waals surface area contributed by atoms with Crippen molar-refractivity contribution in [3.8, 4) is 5.75 Å². The number of carbonyl (C=O) groups excluding carboxylic acids is 1. The number of amides is 1. The van der Waals surface area contributed by atoms with Gasteiger partial charge in [0.1, 0.15) is 11.4 Å². The zero-order valence-electron chi connectivity index (χ0n) is 18.3. The molecule has 0 unspecified atom stereocenters. The summed E-state index contributed by atoms with van der Waals surface area (Å²) in [6.45, 7) is 3.26. The monoisotopic (exact) mass is 443 g/mol. The van der Waals surface area contributed by atoms with Crippen LogP contribution < -0.4 is 14.5 Å². The highest BCUT2D eigenvalue weighted by atomic mass is 16.6. The van der Waals surface area contributed by atoms with Crippen molar-refractivity contribution in [3.63, 3.8) is 0 Å². The van der Waals surface area contributed by atoms with Gasteiger partial charge in [-0.1, -0.05) is 0 Å². The van der Waals surface area contributed by atoms with E-state index < -0.39 is 9.85 Å². The molecule has 0 radical (unpaired) electrons. The summed E-state index contributed by atoms with van der Waals surface area (Å²) in [7, 11) is 4.79. The molecular weight excluding hydrogens is 418 g/mol. The SMILES string of the molecule is COc1cc(N(C)C)c([N+](=O)[O-])cc1C(=O)N1CCN(c2ccc([N+](=O)[O-])cc2)[C@H](C)C1. The van der Waals surface area contributed by atoms with Gasteiger partial charge in [0.15, 0.2) is 0 Å². The standard InChI is InChI=1S/C21H25N5O6/c1-14-13-23(9-10-24(14)15-5-7-16(8-6-15)25(28)29)21(27)17-11-19(26(30)31)18(22(2)3)12-20(17)32-4/h5-8,11-12,14H,9-10,13H2,1-4H3/t14-/m1/s1. The molecule has 0 N–H and O–H groups in total. The van der Waals surface area contributed by atoms with Crippen LogP contribution >= 0.6 is 0 Å². The van der Waals surface area contributed by atoms with E-state index in [2.05, 4.69) is 4.90 Å². The fourth-order valence-electron chi connectivity index (χ4n) is 3.86. The molecule has 170 valence electrons. The average molecular weight is 443 g/mol. The number of anilines is 2. The van der Waals surface area contributed by atoms with Gasteiger partial charge in [-0.05, 0) is 19.1 Å². The second-order valence-electron chi connectivity index (χ2n) is 7.76. The van der Waals surface area contributed by atoms with Crippen molar-refractivity contribution in [1.29, 1.82) is 0 Å². The number of benzene rings is 2. The van der Waals surface area contributed by atoms with E-state index in [1.165, 1.54) is 31.4 Å². The van der Waals surface area contributed by atoms with Crippen LogP contribution in [-0.4, -0.2) is 67.5 Å². The Balaban J connectivity index is 1.83. The molecule has 1 amide bonds. The van der Waals surface area contributed by atoms with Crippen LogP contribution in [0, 0.1) is 20.2 Å². The summed E-state index contributed by atoms with van der Waals surface area (Å²) in [4.78, 5) is 40.0. The van der Waals surface area contributed by atoms with Crippen molar-refractivity contribution in [1.82, 2.24) is 4.90 Å². The Bertz CT molecular complexity index is 1040. The maximum Gasteiger partial charge on any atom is 0.293 e. The third-order valence-electron chi connectivity index (χ3n) is 5.51. The zero-order chi connectivity index (χ0) is 23.6. The summed E-state index contributed by atoms with van der Waals surface area (Å²) in [5, 5.41) is 22.4. The van der Waals surface area contributed by atoms with Gasteiger partial charge in [0.25, 0.3) is 17.3 Å². The fraction of sp³-hybridized carbons (Fsp3) is 0.381. The number of hydrogen-bond donors (Lipinski definition) is 0. The lowest BCUT2D eigenvalue weighted by atomic mass is 10.1. The number of methoxy groups -OCH3 is 1. The van der Waals surface area contributed by atoms with E-state index in [0.29, 0.717) is 25.3 Å². The largest absolute Gasteiger partial charge is 0.496 e. The van der Waals surface area contributed by atoms with Gasteiger partial charge in [0.2, 0.25) is 0 Å². The Morgan fingerprint density at radius 3 is 2.25 bits per heavy atom.